The maximum absolute atomic E-state index is 13.0. The number of urea groups is 1. The molecule has 4 amide bonds. The number of benzene rings is 2. The van der Waals surface area contributed by atoms with Crippen LogP contribution in [0, 0.1) is 10.1 Å². The molecule has 30 heavy (non-hydrogen) atoms. The van der Waals surface area contributed by atoms with Crippen molar-refractivity contribution in [2.24, 2.45) is 0 Å². The third-order valence-electron chi connectivity index (χ3n) is 4.23. The fraction of sp³-hybridized carbons (Fsp3) is 0.150. The van der Waals surface area contributed by atoms with Crippen molar-refractivity contribution in [3.8, 4) is 11.5 Å². The Labute approximate surface area is 170 Å². The molecule has 154 valence electrons. The molecule has 0 radical (unpaired) electrons. The van der Waals surface area contributed by atoms with E-state index in [1.54, 1.807) is 12.1 Å². The van der Waals surface area contributed by atoms with Crippen LogP contribution < -0.4 is 19.7 Å². The van der Waals surface area contributed by atoms with Crippen LogP contribution in [-0.2, 0) is 9.59 Å². The number of imide groups is 2. The monoisotopic (exact) mass is 411 g/mol. The predicted molar refractivity (Wildman–Crippen MR) is 106 cm³/mol. The van der Waals surface area contributed by atoms with Crippen LogP contribution in [0.3, 0.4) is 0 Å². The Morgan fingerprint density at radius 1 is 1.13 bits per heavy atom. The summed E-state index contributed by atoms with van der Waals surface area (Å²) in [6, 6.07) is 9.03. The molecule has 1 aliphatic rings. The lowest BCUT2D eigenvalue weighted by Gasteiger charge is -2.26. The number of ether oxygens (including phenoxy) is 2. The van der Waals surface area contributed by atoms with Crippen molar-refractivity contribution < 1.29 is 28.8 Å². The van der Waals surface area contributed by atoms with Crippen LogP contribution in [0.1, 0.15) is 12.5 Å². The lowest BCUT2D eigenvalue weighted by Crippen LogP contribution is -2.54. The van der Waals surface area contributed by atoms with E-state index in [1.807, 2.05) is 6.92 Å². The summed E-state index contributed by atoms with van der Waals surface area (Å²) in [6.45, 7) is 2.27. The van der Waals surface area contributed by atoms with Crippen LogP contribution in [0.25, 0.3) is 6.08 Å². The first kappa shape index (κ1) is 20.5. The number of nitro groups is 1. The summed E-state index contributed by atoms with van der Waals surface area (Å²) in [7, 11) is 1.35. The molecule has 0 aromatic heterocycles. The summed E-state index contributed by atoms with van der Waals surface area (Å²) in [6.07, 6.45) is 1.15. The molecule has 0 unspecified atom stereocenters. The van der Waals surface area contributed by atoms with Crippen molar-refractivity contribution in [2.75, 3.05) is 18.6 Å². The zero-order valence-corrected chi connectivity index (χ0v) is 16.1. The molecule has 0 saturated carbocycles. The molecule has 3 rings (SSSR count). The van der Waals surface area contributed by atoms with Gasteiger partial charge in [0.15, 0.2) is 0 Å². The average molecular weight is 411 g/mol. The fourth-order valence-electron chi connectivity index (χ4n) is 2.85. The third kappa shape index (κ3) is 3.97. The molecule has 0 spiro atoms. The lowest BCUT2D eigenvalue weighted by molar-refractivity contribution is -0.384. The molecule has 2 aromatic carbocycles. The van der Waals surface area contributed by atoms with Crippen LogP contribution in [-0.4, -0.2) is 36.5 Å². The van der Waals surface area contributed by atoms with E-state index < -0.39 is 22.8 Å². The van der Waals surface area contributed by atoms with Crippen molar-refractivity contribution in [2.45, 2.75) is 6.92 Å². The van der Waals surface area contributed by atoms with Crippen molar-refractivity contribution >= 4 is 35.3 Å². The smallest absolute Gasteiger partial charge is 0.335 e. The Hall–Kier alpha value is -4.21. The highest BCUT2D eigenvalue weighted by molar-refractivity contribution is 6.39. The normalized spacial score (nSPS) is 15.2. The minimum atomic E-state index is -0.916. The first-order chi connectivity index (χ1) is 14.3. The topological polar surface area (TPSA) is 128 Å². The molecule has 10 heteroatoms. The van der Waals surface area contributed by atoms with Gasteiger partial charge in [-0.25, -0.2) is 9.69 Å². The van der Waals surface area contributed by atoms with Gasteiger partial charge < -0.3 is 9.47 Å². The van der Waals surface area contributed by atoms with Crippen molar-refractivity contribution in [1.29, 1.82) is 0 Å². The lowest BCUT2D eigenvalue weighted by atomic mass is 10.1. The first-order valence-corrected chi connectivity index (χ1v) is 8.82. The number of non-ortho nitro benzene ring substituents is 1. The third-order valence-corrected chi connectivity index (χ3v) is 4.23. The first-order valence-electron chi connectivity index (χ1n) is 8.82. The minimum Gasteiger partial charge on any atom is -0.496 e. The maximum Gasteiger partial charge on any atom is 0.335 e. The molecule has 2 aromatic rings. The molecule has 1 aliphatic heterocycles. The van der Waals surface area contributed by atoms with E-state index in [4.69, 9.17) is 9.47 Å². The van der Waals surface area contributed by atoms with Crippen LogP contribution in [0.4, 0.5) is 16.2 Å². The number of nitrogens with zero attached hydrogens (tertiary/aromatic N) is 2. The van der Waals surface area contributed by atoms with Crippen molar-refractivity contribution in [1.82, 2.24) is 5.32 Å². The van der Waals surface area contributed by atoms with E-state index in [2.05, 4.69) is 5.32 Å². The molecule has 0 aliphatic carbocycles. The Morgan fingerprint density at radius 2 is 1.83 bits per heavy atom. The number of carbonyl (C=O) groups excluding carboxylic acids is 3. The Kier molecular flexibility index (Phi) is 5.77. The minimum absolute atomic E-state index is 0.145. The summed E-state index contributed by atoms with van der Waals surface area (Å²) in [4.78, 5) is 48.8. The van der Waals surface area contributed by atoms with Crippen LogP contribution in [0.2, 0.25) is 0 Å². The second kappa shape index (κ2) is 8.43. The number of amides is 4. The molecular weight excluding hydrogens is 394 g/mol. The van der Waals surface area contributed by atoms with Gasteiger partial charge in [0.1, 0.15) is 17.1 Å². The number of nitro benzene ring substituents is 1. The summed E-state index contributed by atoms with van der Waals surface area (Å²) in [5.41, 5.74) is -0.246. The maximum atomic E-state index is 13.0. The van der Waals surface area contributed by atoms with Gasteiger partial charge in [-0.1, -0.05) is 0 Å². The van der Waals surface area contributed by atoms with Crippen molar-refractivity contribution in [3.63, 3.8) is 0 Å². The summed E-state index contributed by atoms with van der Waals surface area (Å²) in [5.74, 6) is -1.01. The van der Waals surface area contributed by atoms with Gasteiger partial charge in [-0.2, -0.15) is 0 Å². The number of nitrogens with one attached hydrogen (secondary N) is 1. The molecule has 1 heterocycles. The quantitative estimate of drug-likeness (QED) is 0.335. The highest BCUT2D eigenvalue weighted by Crippen LogP contribution is 2.29. The van der Waals surface area contributed by atoms with Gasteiger partial charge in [-0.05, 0) is 43.3 Å². The van der Waals surface area contributed by atoms with Gasteiger partial charge in [0, 0.05) is 17.7 Å². The van der Waals surface area contributed by atoms with Crippen LogP contribution >= 0.6 is 0 Å². The van der Waals surface area contributed by atoms with Gasteiger partial charge in [0.2, 0.25) is 0 Å². The molecule has 1 N–H and O–H groups in total. The average Bonchev–Trinajstić information content (AvgIpc) is 2.72. The zero-order valence-electron chi connectivity index (χ0n) is 16.1. The molecular formula is C20H17N3O7. The van der Waals surface area contributed by atoms with Gasteiger partial charge in [-0.3, -0.25) is 25.0 Å². The van der Waals surface area contributed by atoms with Crippen LogP contribution in [0.15, 0.2) is 48.0 Å². The predicted octanol–water partition coefficient (Wildman–Crippen LogP) is 2.67. The number of hydrogen-bond donors (Lipinski definition) is 1. The van der Waals surface area contributed by atoms with Crippen molar-refractivity contribution in [3.05, 3.63) is 63.7 Å². The Morgan fingerprint density at radius 3 is 2.43 bits per heavy atom. The van der Waals surface area contributed by atoms with Gasteiger partial charge in [0.25, 0.3) is 17.5 Å². The number of rotatable bonds is 6. The van der Waals surface area contributed by atoms with E-state index in [0.717, 1.165) is 11.0 Å². The van der Waals surface area contributed by atoms with Gasteiger partial charge in [-0.15, -0.1) is 0 Å². The van der Waals surface area contributed by atoms with Gasteiger partial charge in [0.05, 0.1) is 24.3 Å². The van der Waals surface area contributed by atoms with Gasteiger partial charge >= 0.3 is 6.03 Å². The highest BCUT2D eigenvalue weighted by Gasteiger charge is 2.37. The molecule has 0 bridgehead atoms. The van der Waals surface area contributed by atoms with E-state index in [9.17, 15) is 24.5 Å². The molecule has 1 fully saturated rings. The number of barbiturate groups is 1. The highest BCUT2D eigenvalue weighted by atomic mass is 16.6. The Bertz CT molecular complexity index is 1060. The Balaban J connectivity index is 2.02. The van der Waals surface area contributed by atoms with E-state index >= 15 is 0 Å². The number of hydrogen-bond acceptors (Lipinski definition) is 7. The van der Waals surface area contributed by atoms with E-state index in [0.29, 0.717) is 12.4 Å². The summed E-state index contributed by atoms with van der Waals surface area (Å²) in [5, 5.41) is 13.2. The second-order valence-corrected chi connectivity index (χ2v) is 6.07. The second-order valence-electron chi connectivity index (χ2n) is 6.07. The van der Waals surface area contributed by atoms with Crippen LogP contribution in [0.5, 0.6) is 11.5 Å². The fourth-order valence-corrected chi connectivity index (χ4v) is 2.85. The zero-order chi connectivity index (χ0) is 21.8. The van der Waals surface area contributed by atoms with E-state index in [1.165, 1.54) is 37.4 Å². The number of methoxy groups -OCH3 is 1. The number of anilines is 1. The number of carbonyl (C=O) groups is 3. The molecule has 1 saturated heterocycles. The molecule has 10 nitrogen and oxygen atoms in total. The largest absolute Gasteiger partial charge is 0.496 e. The summed E-state index contributed by atoms with van der Waals surface area (Å²) < 4.78 is 10.5. The SMILES string of the molecule is CCOc1ccc(N2C(=O)NC(=O)/C(=C\c3cc([N+](=O)[O-])ccc3OC)C2=O)cc1. The standard InChI is InChI=1S/C20H17N3O7/c1-3-30-15-7-4-13(5-8-15)22-19(25)16(18(24)21-20(22)26)11-12-10-14(23(27)28)6-9-17(12)29-2/h4-11H,3H2,1-2H3,(H,21,24,26)/b16-11+. The van der Waals surface area contributed by atoms with E-state index in [-0.39, 0.29) is 28.3 Å². The molecule has 0 atom stereocenters. The summed E-state index contributed by atoms with van der Waals surface area (Å²) >= 11 is 0.